The molecule has 0 bridgehead atoms. The van der Waals surface area contributed by atoms with E-state index < -0.39 is 17.3 Å². The van der Waals surface area contributed by atoms with E-state index in [-0.39, 0.29) is 22.4 Å². The van der Waals surface area contributed by atoms with Crippen LogP contribution in [0.1, 0.15) is 50.6 Å². The van der Waals surface area contributed by atoms with Crippen molar-refractivity contribution in [1.29, 1.82) is 0 Å². The van der Waals surface area contributed by atoms with Gasteiger partial charge in [0, 0.05) is 24.9 Å². The number of halogens is 4. The number of hydrogen-bond acceptors (Lipinski definition) is 5. The summed E-state index contributed by atoms with van der Waals surface area (Å²) in [5.74, 6) is -0.284. The number of ether oxygens (including phenoxy) is 1. The van der Waals surface area contributed by atoms with Gasteiger partial charge in [-0.15, -0.1) is 0 Å². The van der Waals surface area contributed by atoms with Gasteiger partial charge in [0.15, 0.2) is 5.16 Å². The molecular formula is C19H23ClF3N3O2S. The monoisotopic (exact) mass is 449 g/mol. The van der Waals surface area contributed by atoms with E-state index in [1.54, 1.807) is 0 Å². The molecule has 2 heterocycles. The first-order valence-electron chi connectivity index (χ1n) is 8.94. The summed E-state index contributed by atoms with van der Waals surface area (Å²) in [4.78, 5) is 20.2. The fourth-order valence-corrected chi connectivity index (χ4v) is 3.72. The zero-order valence-electron chi connectivity index (χ0n) is 16.9. The van der Waals surface area contributed by atoms with Gasteiger partial charge in [0.1, 0.15) is 10.6 Å². The second-order valence-corrected chi connectivity index (χ2v) is 8.88. The van der Waals surface area contributed by atoms with Gasteiger partial charge in [0.05, 0.1) is 16.3 Å². The van der Waals surface area contributed by atoms with Crippen LogP contribution in [0.3, 0.4) is 0 Å². The average molecular weight is 450 g/mol. The molecule has 0 N–H and O–H groups in total. The molecule has 0 spiro atoms. The third-order valence-electron chi connectivity index (χ3n) is 3.93. The van der Waals surface area contributed by atoms with Crippen LogP contribution in [0.4, 0.5) is 13.2 Å². The summed E-state index contributed by atoms with van der Waals surface area (Å²) >= 11 is 7.10. The lowest BCUT2D eigenvalue weighted by molar-refractivity contribution is -0.155. The van der Waals surface area contributed by atoms with E-state index in [4.69, 9.17) is 16.3 Å². The zero-order valence-corrected chi connectivity index (χ0v) is 18.4. The van der Waals surface area contributed by atoms with Gasteiger partial charge in [-0.05, 0) is 58.9 Å². The Kier molecular flexibility index (Phi) is 7.27. The number of nitrogens with zero attached hydrogens (tertiary/aromatic N) is 3. The Morgan fingerprint density at radius 1 is 1.28 bits per heavy atom. The van der Waals surface area contributed by atoms with Crippen LogP contribution in [-0.2, 0) is 22.3 Å². The number of aryl methyl sites for hydroxylation is 1. The van der Waals surface area contributed by atoms with Gasteiger partial charge in [-0.25, -0.2) is 9.97 Å². The summed E-state index contributed by atoms with van der Waals surface area (Å²) in [6.45, 7) is 9.66. The molecule has 0 saturated heterocycles. The fourth-order valence-electron chi connectivity index (χ4n) is 2.48. The molecule has 10 heteroatoms. The molecule has 0 aromatic carbocycles. The quantitative estimate of drug-likeness (QED) is 0.518. The van der Waals surface area contributed by atoms with Crippen LogP contribution in [0, 0.1) is 13.8 Å². The maximum atomic E-state index is 12.8. The molecule has 29 heavy (non-hydrogen) atoms. The predicted octanol–water partition coefficient (Wildman–Crippen LogP) is 5.84. The first kappa shape index (κ1) is 23.5. The van der Waals surface area contributed by atoms with Crippen molar-refractivity contribution in [3.8, 4) is 0 Å². The van der Waals surface area contributed by atoms with Crippen molar-refractivity contribution in [3.05, 3.63) is 34.2 Å². The molecular weight excluding hydrogens is 427 g/mol. The van der Waals surface area contributed by atoms with Crippen LogP contribution in [0.5, 0.6) is 0 Å². The molecule has 2 rings (SSSR count). The van der Waals surface area contributed by atoms with Crippen molar-refractivity contribution in [2.75, 3.05) is 0 Å². The molecule has 0 amide bonds. The molecule has 0 fully saturated rings. The van der Waals surface area contributed by atoms with Crippen LogP contribution < -0.4 is 0 Å². The van der Waals surface area contributed by atoms with Crippen molar-refractivity contribution in [1.82, 2.24) is 14.5 Å². The highest BCUT2D eigenvalue weighted by molar-refractivity contribution is 7.99. The summed E-state index contributed by atoms with van der Waals surface area (Å²) in [5, 5.41) is 0.694. The number of rotatable bonds is 6. The lowest BCUT2D eigenvalue weighted by Gasteiger charge is -2.19. The molecule has 0 saturated carbocycles. The first-order valence-corrected chi connectivity index (χ1v) is 10.1. The Labute approximate surface area is 177 Å². The maximum Gasteiger partial charge on any atom is 0.417 e. The Hall–Kier alpha value is -1.74. The Balaban J connectivity index is 2.13. The molecule has 160 valence electrons. The Bertz CT molecular complexity index is 892. The predicted molar refractivity (Wildman–Crippen MR) is 105 cm³/mol. The van der Waals surface area contributed by atoms with Crippen molar-refractivity contribution in [3.63, 3.8) is 0 Å². The number of carbonyl (C=O) groups excluding carboxylic acids is 1. The van der Waals surface area contributed by atoms with Crippen LogP contribution in [-0.4, -0.2) is 26.1 Å². The largest absolute Gasteiger partial charge is 0.460 e. The summed E-state index contributed by atoms with van der Waals surface area (Å²) in [7, 11) is 0. The molecule has 0 unspecified atom stereocenters. The summed E-state index contributed by atoms with van der Waals surface area (Å²) in [6, 6.07) is 0.854. The van der Waals surface area contributed by atoms with Gasteiger partial charge >= 0.3 is 12.1 Å². The van der Waals surface area contributed by atoms with Crippen molar-refractivity contribution >= 4 is 29.3 Å². The van der Waals surface area contributed by atoms with Gasteiger partial charge in [-0.3, -0.25) is 4.79 Å². The van der Waals surface area contributed by atoms with Crippen LogP contribution >= 0.6 is 23.4 Å². The van der Waals surface area contributed by atoms with Crippen molar-refractivity contribution < 1.29 is 22.7 Å². The smallest absolute Gasteiger partial charge is 0.417 e. The minimum absolute atomic E-state index is 0.0940. The number of alkyl halides is 3. The van der Waals surface area contributed by atoms with Gasteiger partial charge in [0.25, 0.3) is 0 Å². The van der Waals surface area contributed by atoms with E-state index in [1.807, 2.05) is 39.2 Å². The molecule has 5 nitrogen and oxygen atoms in total. The molecule has 0 radical (unpaired) electrons. The molecule has 0 aliphatic rings. The fraction of sp³-hybridized carbons (Fsp3) is 0.526. The second kappa shape index (κ2) is 8.95. The number of carbonyl (C=O) groups is 1. The SMILES string of the molecule is Cc1nc(Sc2ncc(C(F)(F)F)cc2Cl)n(CCCC(=O)OC(C)(C)C)c1C. The van der Waals surface area contributed by atoms with Crippen LogP contribution in [0.15, 0.2) is 22.4 Å². The topological polar surface area (TPSA) is 57.0 Å². The number of imidazole rings is 1. The van der Waals surface area contributed by atoms with E-state index in [9.17, 15) is 18.0 Å². The molecule has 0 aliphatic heterocycles. The van der Waals surface area contributed by atoms with Gasteiger partial charge in [-0.1, -0.05) is 11.6 Å². The second-order valence-electron chi connectivity index (χ2n) is 7.52. The number of esters is 1. The highest BCUT2D eigenvalue weighted by atomic mass is 35.5. The lowest BCUT2D eigenvalue weighted by atomic mass is 10.2. The van der Waals surface area contributed by atoms with Crippen LogP contribution in [0.25, 0.3) is 0 Å². The Morgan fingerprint density at radius 2 is 1.93 bits per heavy atom. The molecule has 0 aliphatic carbocycles. The van der Waals surface area contributed by atoms with Crippen molar-refractivity contribution in [2.45, 2.75) is 76.0 Å². The minimum Gasteiger partial charge on any atom is -0.460 e. The van der Waals surface area contributed by atoms with Crippen LogP contribution in [0.2, 0.25) is 5.02 Å². The minimum atomic E-state index is -4.51. The van der Waals surface area contributed by atoms with Gasteiger partial charge < -0.3 is 9.30 Å². The van der Waals surface area contributed by atoms with E-state index in [0.717, 1.165) is 35.4 Å². The summed E-state index contributed by atoms with van der Waals surface area (Å²) in [6.07, 6.45) is -2.97. The van der Waals surface area contributed by atoms with E-state index in [1.165, 1.54) is 0 Å². The molecule has 2 aromatic heterocycles. The zero-order chi connectivity index (χ0) is 22.0. The lowest BCUT2D eigenvalue weighted by Crippen LogP contribution is -2.23. The average Bonchev–Trinajstić information content (AvgIpc) is 2.81. The summed E-state index contributed by atoms with van der Waals surface area (Å²) < 4.78 is 45.6. The standard InChI is InChI=1S/C19H23ClF3N3O2S/c1-11-12(2)26(8-6-7-15(27)28-18(3,4)5)17(25-11)29-16-14(20)9-13(10-24-16)19(21,22)23/h9-10H,6-8H2,1-5H3. The normalized spacial score (nSPS) is 12.3. The molecule has 0 atom stereocenters. The highest BCUT2D eigenvalue weighted by Gasteiger charge is 2.31. The third-order valence-corrected chi connectivity index (χ3v) is 5.34. The third kappa shape index (κ3) is 6.64. The Morgan fingerprint density at radius 3 is 2.48 bits per heavy atom. The van der Waals surface area contributed by atoms with Gasteiger partial charge in [0.2, 0.25) is 0 Å². The van der Waals surface area contributed by atoms with E-state index in [2.05, 4.69) is 9.97 Å². The van der Waals surface area contributed by atoms with Gasteiger partial charge in [-0.2, -0.15) is 13.2 Å². The molecule has 2 aromatic rings. The number of aromatic nitrogens is 3. The summed E-state index contributed by atoms with van der Waals surface area (Å²) in [5.41, 5.74) is 0.248. The van der Waals surface area contributed by atoms with E-state index >= 15 is 0 Å². The highest BCUT2D eigenvalue weighted by Crippen LogP contribution is 2.36. The number of hydrogen-bond donors (Lipinski definition) is 0. The first-order chi connectivity index (χ1) is 13.3. The number of pyridine rings is 1. The van der Waals surface area contributed by atoms with Crippen molar-refractivity contribution in [2.24, 2.45) is 0 Å². The van der Waals surface area contributed by atoms with E-state index in [0.29, 0.717) is 18.1 Å². The maximum absolute atomic E-state index is 12.8.